The van der Waals surface area contributed by atoms with Gasteiger partial charge in [-0.25, -0.2) is 0 Å². The minimum absolute atomic E-state index is 1.00. The number of hydrogen-bond donors (Lipinski definition) is 1. The fourth-order valence-electron chi connectivity index (χ4n) is 1.55. The lowest BCUT2D eigenvalue weighted by Crippen LogP contribution is -1.85. The standard InChI is InChI=1S/C11H11BrN2/c1-7-3-4-9(8(2)5-7)11-10(12)6-13-14-11/h3-6H,1-2H3,(H,13,14). The van der Waals surface area contributed by atoms with Crippen LogP contribution in [0.1, 0.15) is 11.1 Å². The van der Waals surface area contributed by atoms with E-state index in [9.17, 15) is 0 Å². The first kappa shape index (κ1) is 9.46. The summed E-state index contributed by atoms with van der Waals surface area (Å²) in [6.07, 6.45) is 1.77. The maximum absolute atomic E-state index is 3.99. The van der Waals surface area contributed by atoms with Gasteiger partial charge in [0.2, 0.25) is 0 Å². The van der Waals surface area contributed by atoms with Gasteiger partial charge in [-0.05, 0) is 35.3 Å². The van der Waals surface area contributed by atoms with Gasteiger partial charge in [0.25, 0.3) is 0 Å². The minimum atomic E-state index is 1.00. The van der Waals surface area contributed by atoms with Gasteiger partial charge in [0, 0.05) is 5.56 Å². The highest BCUT2D eigenvalue weighted by Crippen LogP contribution is 2.28. The molecule has 3 heteroatoms. The largest absolute Gasteiger partial charge is 0.277 e. The van der Waals surface area contributed by atoms with Gasteiger partial charge in [0.1, 0.15) is 0 Å². The Morgan fingerprint density at radius 1 is 1.29 bits per heavy atom. The van der Waals surface area contributed by atoms with E-state index in [1.807, 2.05) is 0 Å². The SMILES string of the molecule is Cc1ccc(-c2[nH]ncc2Br)c(C)c1. The van der Waals surface area contributed by atoms with Crippen LogP contribution < -0.4 is 0 Å². The van der Waals surface area contributed by atoms with Crippen LogP contribution in [0.25, 0.3) is 11.3 Å². The van der Waals surface area contributed by atoms with Gasteiger partial charge >= 0.3 is 0 Å². The Hall–Kier alpha value is -1.09. The summed E-state index contributed by atoms with van der Waals surface area (Å²) in [7, 11) is 0. The first-order valence-electron chi connectivity index (χ1n) is 4.45. The molecule has 1 aromatic heterocycles. The number of benzene rings is 1. The van der Waals surface area contributed by atoms with Gasteiger partial charge in [0.05, 0.1) is 16.4 Å². The van der Waals surface area contributed by atoms with Crippen molar-refractivity contribution in [1.29, 1.82) is 0 Å². The van der Waals surface area contributed by atoms with Crippen LogP contribution in [0.5, 0.6) is 0 Å². The molecule has 0 aliphatic carbocycles. The molecule has 0 radical (unpaired) electrons. The van der Waals surface area contributed by atoms with E-state index in [0.29, 0.717) is 0 Å². The molecule has 1 aromatic carbocycles. The molecule has 14 heavy (non-hydrogen) atoms. The van der Waals surface area contributed by atoms with Crippen molar-refractivity contribution in [3.63, 3.8) is 0 Å². The van der Waals surface area contributed by atoms with E-state index in [-0.39, 0.29) is 0 Å². The van der Waals surface area contributed by atoms with Crippen molar-refractivity contribution in [3.05, 3.63) is 40.0 Å². The predicted molar refractivity (Wildman–Crippen MR) is 61.2 cm³/mol. The number of aromatic nitrogens is 2. The molecule has 0 amide bonds. The Kier molecular flexibility index (Phi) is 2.42. The van der Waals surface area contributed by atoms with Crippen molar-refractivity contribution < 1.29 is 0 Å². The second-order valence-electron chi connectivity index (χ2n) is 3.41. The highest BCUT2D eigenvalue weighted by atomic mass is 79.9. The lowest BCUT2D eigenvalue weighted by Gasteiger charge is -2.04. The van der Waals surface area contributed by atoms with Gasteiger partial charge in [-0.2, -0.15) is 5.10 Å². The molecular formula is C11H11BrN2. The van der Waals surface area contributed by atoms with Gasteiger partial charge in [-0.3, -0.25) is 5.10 Å². The number of aryl methyl sites for hydroxylation is 2. The van der Waals surface area contributed by atoms with Gasteiger partial charge in [-0.15, -0.1) is 0 Å². The Morgan fingerprint density at radius 2 is 2.07 bits per heavy atom. The average molecular weight is 251 g/mol. The third-order valence-corrected chi connectivity index (χ3v) is 2.85. The van der Waals surface area contributed by atoms with E-state index in [1.165, 1.54) is 16.7 Å². The third-order valence-electron chi connectivity index (χ3n) is 2.24. The van der Waals surface area contributed by atoms with Crippen LogP contribution in [0, 0.1) is 13.8 Å². The van der Waals surface area contributed by atoms with Crippen LogP contribution in [0.3, 0.4) is 0 Å². The van der Waals surface area contributed by atoms with Crippen LogP contribution in [0.4, 0.5) is 0 Å². The molecule has 2 aromatic rings. The Morgan fingerprint density at radius 3 is 2.64 bits per heavy atom. The summed E-state index contributed by atoms with van der Waals surface area (Å²) in [5, 5.41) is 6.97. The van der Waals surface area contributed by atoms with Crippen molar-refractivity contribution in [2.24, 2.45) is 0 Å². The van der Waals surface area contributed by atoms with Crippen LogP contribution in [0.15, 0.2) is 28.9 Å². The first-order valence-corrected chi connectivity index (χ1v) is 5.24. The number of rotatable bonds is 1. The summed E-state index contributed by atoms with van der Waals surface area (Å²) < 4.78 is 1.00. The predicted octanol–water partition coefficient (Wildman–Crippen LogP) is 3.46. The molecule has 2 nitrogen and oxygen atoms in total. The zero-order valence-electron chi connectivity index (χ0n) is 8.13. The van der Waals surface area contributed by atoms with Gasteiger partial charge in [-0.1, -0.05) is 23.8 Å². The Bertz CT molecular complexity index is 460. The van der Waals surface area contributed by atoms with Gasteiger partial charge < -0.3 is 0 Å². The van der Waals surface area contributed by atoms with Crippen LogP contribution in [0.2, 0.25) is 0 Å². The third kappa shape index (κ3) is 1.60. The van der Waals surface area contributed by atoms with Crippen LogP contribution >= 0.6 is 15.9 Å². The maximum atomic E-state index is 3.99. The zero-order valence-corrected chi connectivity index (χ0v) is 9.72. The molecule has 0 aliphatic heterocycles. The fourth-order valence-corrected chi connectivity index (χ4v) is 1.96. The number of nitrogens with zero attached hydrogens (tertiary/aromatic N) is 1. The summed E-state index contributed by atoms with van der Waals surface area (Å²) in [6.45, 7) is 4.20. The molecule has 0 fully saturated rings. The molecule has 0 unspecified atom stereocenters. The molecular weight excluding hydrogens is 240 g/mol. The molecule has 1 heterocycles. The normalized spacial score (nSPS) is 10.5. The minimum Gasteiger partial charge on any atom is -0.277 e. The summed E-state index contributed by atoms with van der Waals surface area (Å²) in [6, 6.07) is 6.39. The van der Waals surface area contributed by atoms with Crippen LogP contribution in [-0.2, 0) is 0 Å². The van der Waals surface area contributed by atoms with Gasteiger partial charge in [0.15, 0.2) is 0 Å². The lowest BCUT2D eigenvalue weighted by atomic mass is 10.0. The first-order chi connectivity index (χ1) is 6.68. The van der Waals surface area contributed by atoms with Crippen molar-refractivity contribution in [2.75, 3.05) is 0 Å². The van der Waals surface area contributed by atoms with E-state index in [1.54, 1.807) is 6.20 Å². The molecule has 1 N–H and O–H groups in total. The van der Waals surface area contributed by atoms with Crippen molar-refractivity contribution in [3.8, 4) is 11.3 Å². The molecule has 2 rings (SSSR count). The molecule has 0 atom stereocenters. The smallest absolute Gasteiger partial charge is 0.0795 e. The van der Waals surface area contributed by atoms with Crippen molar-refractivity contribution in [2.45, 2.75) is 13.8 Å². The topological polar surface area (TPSA) is 28.7 Å². The fraction of sp³-hybridized carbons (Fsp3) is 0.182. The number of halogens is 1. The number of hydrogen-bond acceptors (Lipinski definition) is 1. The monoisotopic (exact) mass is 250 g/mol. The van der Waals surface area contributed by atoms with E-state index in [0.717, 1.165) is 10.2 Å². The number of aromatic amines is 1. The molecule has 72 valence electrons. The summed E-state index contributed by atoms with van der Waals surface area (Å²) in [4.78, 5) is 0. The molecule has 0 spiro atoms. The number of H-pyrrole nitrogens is 1. The van der Waals surface area contributed by atoms with E-state index < -0.39 is 0 Å². The zero-order chi connectivity index (χ0) is 10.1. The van der Waals surface area contributed by atoms with E-state index in [4.69, 9.17) is 0 Å². The highest BCUT2D eigenvalue weighted by molar-refractivity contribution is 9.10. The van der Waals surface area contributed by atoms with Crippen molar-refractivity contribution in [1.82, 2.24) is 10.2 Å². The van der Waals surface area contributed by atoms with Crippen LogP contribution in [-0.4, -0.2) is 10.2 Å². The maximum Gasteiger partial charge on any atom is 0.0795 e. The van der Waals surface area contributed by atoms with Crippen molar-refractivity contribution >= 4 is 15.9 Å². The Labute approximate surface area is 91.5 Å². The highest BCUT2D eigenvalue weighted by Gasteiger charge is 2.07. The summed E-state index contributed by atoms with van der Waals surface area (Å²) in [5.74, 6) is 0. The molecule has 0 saturated heterocycles. The van der Waals surface area contributed by atoms with E-state index in [2.05, 4.69) is 58.2 Å². The van der Waals surface area contributed by atoms with E-state index >= 15 is 0 Å². The lowest BCUT2D eigenvalue weighted by molar-refractivity contribution is 1.09. The number of nitrogens with one attached hydrogen (secondary N) is 1. The second-order valence-corrected chi connectivity index (χ2v) is 4.27. The quantitative estimate of drug-likeness (QED) is 0.826. The summed E-state index contributed by atoms with van der Waals surface area (Å²) in [5.41, 5.74) is 4.78. The molecule has 0 aliphatic rings. The summed E-state index contributed by atoms with van der Waals surface area (Å²) >= 11 is 3.46. The second kappa shape index (κ2) is 3.58. The molecule has 0 bridgehead atoms. The molecule has 0 saturated carbocycles. The Balaban J connectivity index is 2.58. The average Bonchev–Trinajstić information content (AvgIpc) is 2.52.